The molecule has 22 nitrogen and oxygen atoms in total. The molecule has 0 aromatic heterocycles. The van der Waals surface area contributed by atoms with Crippen molar-refractivity contribution >= 4 is 23.8 Å². The maximum atomic E-state index is 13.4. The zero-order chi connectivity index (χ0) is 57.7. The van der Waals surface area contributed by atoms with Gasteiger partial charge in [0.15, 0.2) is 0 Å². The molecule has 4 aromatic rings. The first kappa shape index (κ1) is 61.0. The predicted molar refractivity (Wildman–Crippen MR) is 292 cm³/mol. The Balaban J connectivity index is 0.752. The van der Waals surface area contributed by atoms with Crippen molar-refractivity contribution in [1.29, 1.82) is 0 Å². The molecule has 440 valence electrons. The molecular weight excluding hydrogens is 1050 g/mol. The van der Waals surface area contributed by atoms with Gasteiger partial charge in [-0.25, -0.2) is 0 Å². The lowest BCUT2D eigenvalue weighted by molar-refractivity contribution is -0.277. The minimum atomic E-state index is -1.63. The van der Waals surface area contributed by atoms with E-state index in [2.05, 4.69) is 9.80 Å². The summed E-state index contributed by atoms with van der Waals surface area (Å²) in [6, 6.07) is 24.7. The molecule has 10 atom stereocenters. The number of amides is 2. The van der Waals surface area contributed by atoms with Crippen LogP contribution < -0.4 is 9.47 Å². The predicted octanol–water partition coefficient (Wildman–Crippen LogP) is 0.656. The van der Waals surface area contributed by atoms with E-state index in [9.17, 15) is 70.2 Å². The fourth-order valence-electron chi connectivity index (χ4n) is 10.9. The third-order valence-electron chi connectivity index (χ3n) is 15.6. The summed E-state index contributed by atoms with van der Waals surface area (Å²) >= 11 is 0. The summed E-state index contributed by atoms with van der Waals surface area (Å²) in [5, 5.41) is 101. The summed E-state index contributed by atoms with van der Waals surface area (Å²) in [5.74, 6) is -1.31. The average Bonchev–Trinajstić information content (AvgIpc) is 3.50. The van der Waals surface area contributed by atoms with Crippen molar-refractivity contribution in [2.45, 2.75) is 119 Å². The van der Waals surface area contributed by atoms with Gasteiger partial charge in [0, 0.05) is 76.3 Å². The Kier molecular flexibility index (Phi) is 21.6. The van der Waals surface area contributed by atoms with Crippen LogP contribution in [0.3, 0.4) is 0 Å². The number of ether oxygens (including phenoxy) is 4. The summed E-state index contributed by atoms with van der Waals surface area (Å²) in [7, 11) is 0. The van der Waals surface area contributed by atoms with Crippen molar-refractivity contribution in [2.75, 3.05) is 78.7 Å². The average molecular weight is 1130 g/mol. The number of carboxylic acid groups (broad SMARTS) is 2. The molecule has 0 spiro atoms. The Labute approximate surface area is 469 Å². The number of nitrogens with zero attached hydrogens (tertiary/aromatic N) is 4. The summed E-state index contributed by atoms with van der Waals surface area (Å²) in [5.41, 5.74) is 5.29. The minimum Gasteiger partial charge on any atom is -0.481 e. The van der Waals surface area contributed by atoms with Crippen molar-refractivity contribution in [2.24, 2.45) is 0 Å². The fraction of sp³-hybridized carbons (Fsp3) is 0.525. The third kappa shape index (κ3) is 16.1. The van der Waals surface area contributed by atoms with Crippen molar-refractivity contribution in [3.63, 3.8) is 0 Å². The van der Waals surface area contributed by atoms with Crippen LogP contribution in [0.5, 0.6) is 11.5 Å². The second-order valence-electron chi connectivity index (χ2n) is 21.3. The van der Waals surface area contributed by atoms with E-state index in [4.69, 9.17) is 18.9 Å². The van der Waals surface area contributed by atoms with Crippen LogP contribution in [0.2, 0.25) is 0 Å². The largest absolute Gasteiger partial charge is 0.481 e. The van der Waals surface area contributed by atoms with Gasteiger partial charge in [-0.3, -0.25) is 29.0 Å². The van der Waals surface area contributed by atoms with Crippen LogP contribution in [0.1, 0.15) is 54.4 Å². The standard InChI is InChI=1S/C59H76N4O18/c64-34-46-52(72)54(74)56(76)58(80-46)78-44-16-14-36(30-42(44)40-10-1-8-38(28-40)32-50(68)69)6-3-12-48(66)62-24-20-60(21-25-62)18-5-19-61-22-26-63(27-23-61)49(67)13-4-7-37-15-17-45(79-59-57(77)55(75)53(73)47(35-65)81-59)43(31-37)41-11-2-9-39(29-41)33-51(70)71/h1-2,8-11,14-17,28-31,46-47,52-59,64-65,72-77H,3-7,12-13,18-27,32-35H2,(H,68,69)(H,70,71)/t46-,47-,52-,53-,54+,55+,56+,57+,58+,59+/m1/s1. The highest BCUT2D eigenvalue weighted by molar-refractivity contribution is 5.78. The number of carbonyl (C=O) groups excluding carboxylic acids is 2. The van der Waals surface area contributed by atoms with Crippen LogP contribution in [0.15, 0.2) is 84.9 Å². The number of hydrogen-bond donors (Lipinski definition) is 10. The summed E-state index contributed by atoms with van der Waals surface area (Å²) in [6.07, 6.45) is -11.3. The number of aryl methyl sites for hydroxylation is 2. The number of carbonyl (C=O) groups is 4. The zero-order valence-electron chi connectivity index (χ0n) is 45.2. The second-order valence-corrected chi connectivity index (χ2v) is 21.3. The molecular formula is C59H76N4O18. The van der Waals surface area contributed by atoms with E-state index in [1.807, 2.05) is 34.1 Å². The quantitative estimate of drug-likeness (QED) is 0.0461. The van der Waals surface area contributed by atoms with Crippen LogP contribution in [0.25, 0.3) is 22.3 Å². The Morgan fingerprint density at radius 2 is 0.864 bits per heavy atom. The normalized spacial score (nSPS) is 25.6. The minimum absolute atomic E-state index is 0.0784. The molecule has 4 aliphatic rings. The highest BCUT2D eigenvalue weighted by Crippen LogP contribution is 2.37. The maximum absolute atomic E-state index is 13.4. The molecule has 4 saturated heterocycles. The highest BCUT2D eigenvalue weighted by Gasteiger charge is 2.46. The van der Waals surface area contributed by atoms with Gasteiger partial charge in [-0.05, 0) is 103 Å². The summed E-state index contributed by atoms with van der Waals surface area (Å²) < 4.78 is 23.3. The Morgan fingerprint density at radius 3 is 1.23 bits per heavy atom. The fourth-order valence-corrected chi connectivity index (χ4v) is 10.9. The molecule has 0 aliphatic carbocycles. The van der Waals surface area contributed by atoms with E-state index in [0.29, 0.717) is 98.1 Å². The Bertz CT molecular complexity index is 2570. The van der Waals surface area contributed by atoms with Gasteiger partial charge in [0.25, 0.3) is 0 Å². The summed E-state index contributed by atoms with van der Waals surface area (Å²) in [4.78, 5) is 58.4. The molecule has 2 amide bonds. The van der Waals surface area contributed by atoms with Crippen LogP contribution in [0, 0.1) is 0 Å². The molecule has 4 aromatic carbocycles. The van der Waals surface area contributed by atoms with E-state index in [0.717, 1.165) is 56.8 Å². The van der Waals surface area contributed by atoms with Crippen molar-refractivity contribution in [3.8, 4) is 33.8 Å². The number of aliphatic hydroxyl groups excluding tert-OH is 8. The SMILES string of the molecule is O=C(O)Cc1cccc(-c2cc(CCCC(=O)N3CCN(CCCN4CCN(C(=O)CCCc5ccc(O[C@H]6O[C@H](CO)[C@@H](O)[C@H](O)[C@@H]6O)c(-c6cccc(CC(=O)O)c6)c5)CC4)CC3)ccc2O[C@H]2O[C@H](CO)[C@@H](O)[C@H](O)[C@@H]2O)c1. The number of benzene rings is 4. The van der Waals surface area contributed by atoms with E-state index in [1.54, 1.807) is 60.7 Å². The lowest BCUT2D eigenvalue weighted by Crippen LogP contribution is -2.60. The molecule has 0 bridgehead atoms. The molecule has 4 fully saturated rings. The second kappa shape index (κ2) is 28.7. The topological polar surface area (TPSA) is 320 Å². The van der Waals surface area contributed by atoms with Gasteiger partial charge in [-0.15, -0.1) is 0 Å². The Morgan fingerprint density at radius 1 is 0.469 bits per heavy atom. The molecule has 8 rings (SSSR count). The van der Waals surface area contributed by atoms with Gasteiger partial charge in [0.2, 0.25) is 24.4 Å². The van der Waals surface area contributed by atoms with Crippen LogP contribution in [0.4, 0.5) is 0 Å². The lowest BCUT2D eigenvalue weighted by Gasteiger charge is -2.39. The highest BCUT2D eigenvalue weighted by atomic mass is 16.7. The number of aliphatic hydroxyl groups is 8. The molecule has 4 heterocycles. The van der Waals surface area contributed by atoms with Crippen molar-refractivity contribution in [3.05, 3.63) is 107 Å². The van der Waals surface area contributed by atoms with Crippen LogP contribution >= 0.6 is 0 Å². The molecule has 81 heavy (non-hydrogen) atoms. The van der Waals surface area contributed by atoms with E-state index in [1.165, 1.54) is 0 Å². The van der Waals surface area contributed by atoms with E-state index < -0.39 is 86.6 Å². The molecule has 0 radical (unpaired) electrons. The number of aliphatic carboxylic acids is 2. The van der Waals surface area contributed by atoms with Gasteiger partial charge in [0.05, 0.1) is 26.1 Å². The maximum Gasteiger partial charge on any atom is 0.307 e. The molecule has 0 saturated carbocycles. The lowest BCUT2D eigenvalue weighted by atomic mass is 9.96. The van der Waals surface area contributed by atoms with Crippen LogP contribution in [-0.4, -0.2) is 234 Å². The van der Waals surface area contributed by atoms with Crippen LogP contribution in [-0.2, 0) is 54.3 Å². The Hall–Kier alpha value is -6.12. The van der Waals surface area contributed by atoms with Gasteiger partial charge >= 0.3 is 11.9 Å². The van der Waals surface area contributed by atoms with Gasteiger partial charge < -0.3 is 79.8 Å². The van der Waals surface area contributed by atoms with E-state index >= 15 is 0 Å². The molecule has 0 unspecified atom stereocenters. The number of carboxylic acids is 2. The molecule has 10 N–H and O–H groups in total. The number of rotatable bonds is 24. The molecule has 4 aliphatic heterocycles. The first-order chi connectivity index (χ1) is 39.0. The zero-order valence-corrected chi connectivity index (χ0v) is 45.2. The van der Waals surface area contributed by atoms with Gasteiger partial charge in [-0.2, -0.15) is 0 Å². The third-order valence-corrected chi connectivity index (χ3v) is 15.6. The summed E-state index contributed by atoms with van der Waals surface area (Å²) in [6.45, 7) is 6.19. The van der Waals surface area contributed by atoms with Gasteiger partial charge in [0.1, 0.15) is 60.3 Å². The van der Waals surface area contributed by atoms with Crippen molar-refractivity contribution < 1.29 is 89.2 Å². The smallest absolute Gasteiger partial charge is 0.307 e. The first-order valence-electron chi connectivity index (χ1n) is 27.8. The number of piperazine rings is 2. The monoisotopic (exact) mass is 1130 g/mol. The van der Waals surface area contributed by atoms with Gasteiger partial charge in [-0.1, -0.05) is 60.7 Å². The van der Waals surface area contributed by atoms with E-state index in [-0.39, 0.29) is 36.2 Å². The first-order valence-corrected chi connectivity index (χ1v) is 27.8. The number of hydrogen-bond acceptors (Lipinski definition) is 18. The molecule has 22 heteroatoms. The van der Waals surface area contributed by atoms with Crippen molar-refractivity contribution in [1.82, 2.24) is 19.6 Å².